The topological polar surface area (TPSA) is 326 Å². The zero-order valence-corrected chi connectivity index (χ0v) is 69.7. The van der Waals surface area contributed by atoms with E-state index in [1.165, 1.54) is 29.2 Å². The maximum absolute atomic E-state index is 12.2. The van der Waals surface area contributed by atoms with Crippen LogP contribution in [0.25, 0.3) is 0 Å². The molecule has 0 bridgehead atoms. The molecule has 4 aliphatic heterocycles. The summed E-state index contributed by atoms with van der Waals surface area (Å²) in [5.74, 6) is 0. The van der Waals surface area contributed by atoms with E-state index in [9.17, 15) is 36.0 Å². The van der Waals surface area contributed by atoms with Crippen molar-refractivity contribution in [1.82, 2.24) is 19.6 Å². The number of carbonyl (C=O) groups is 4. The minimum absolute atomic E-state index is 0. The van der Waals surface area contributed by atoms with Crippen LogP contribution in [-0.2, 0) is 61.2 Å². The Balaban J connectivity index is -0.0000000607. The second kappa shape index (κ2) is 102. The van der Waals surface area contributed by atoms with Crippen molar-refractivity contribution in [2.45, 2.75) is 174 Å². The van der Waals surface area contributed by atoms with Gasteiger partial charge in [0.05, 0.1) is 106 Å². The van der Waals surface area contributed by atoms with E-state index >= 15 is 0 Å². The minimum atomic E-state index is -3.86. The Labute approximate surface area is 702 Å². The summed E-state index contributed by atoms with van der Waals surface area (Å²) in [5, 5.41) is 23.7. The molecule has 2 aromatic rings. The van der Waals surface area contributed by atoms with Crippen LogP contribution in [-0.4, -0.2) is 211 Å². The van der Waals surface area contributed by atoms with Crippen LogP contribution >= 0.6 is 10.7 Å². The van der Waals surface area contributed by atoms with Gasteiger partial charge in [-0.25, -0.2) is 27.6 Å². The van der Waals surface area contributed by atoms with Crippen LogP contribution in [0.1, 0.15) is 114 Å². The third-order valence-electron chi connectivity index (χ3n) is 11.2. The summed E-state index contributed by atoms with van der Waals surface area (Å²) in [7, 11) is -2.32. The van der Waals surface area contributed by atoms with Crippen molar-refractivity contribution in [2.24, 2.45) is 5.73 Å². The molecule has 25 nitrogen and oxygen atoms in total. The van der Waals surface area contributed by atoms with Gasteiger partial charge in [0.15, 0.2) is 0 Å². The molecule has 0 saturated carbocycles. The second-order valence-corrected chi connectivity index (χ2v) is 27.8. The third kappa shape index (κ3) is 95.3. The van der Waals surface area contributed by atoms with E-state index in [2.05, 4.69) is 0 Å². The zero-order valence-electron chi connectivity index (χ0n) is 64.2. The maximum Gasteiger partial charge on any atom is 1.00 e. The first-order chi connectivity index (χ1) is 53.3. The van der Waals surface area contributed by atoms with Gasteiger partial charge in [-0.3, -0.25) is 13.6 Å². The smallest absolute Gasteiger partial charge is 0.512 e. The number of nitriles is 1. The number of nitrogens with zero attached hydrogens (tertiary/aromatic N) is 6. The number of halogens is 31. The largest absolute Gasteiger partial charge is 1.00 e. The Kier molecular flexibility index (Phi) is 136. The first kappa shape index (κ1) is 155. The number of hydrogen-bond donors (Lipinski definition) is 2. The van der Waals surface area contributed by atoms with E-state index < -0.39 is 53.8 Å². The van der Waals surface area contributed by atoms with Gasteiger partial charge in [0.1, 0.15) is 28.5 Å². The Bertz CT molecular complexity index is 2740. The van der Waals surface area contributed by atoms with Crippen LogP contribution < -0.4 is 57.1 Å². The van der Waals surface area contributed by atoms with Gasteiger partial charge < -0.3 is 80.2 Å². The van der Waals surface area contributed by atoms with Gasteiger partial charge in [-0.1, -0.05) is 42.8 Å². The molecule has 59 heteroatoms. The Morgan fingerprint density at radius 2 is 0.684 bits per heavy atom. The maximum atomic E-state index is 12.2. The molecule has 0 radical (unpaired) electrons. The van der Waals surface area contributed by atoms with Gasteiger partial charge in [-0.2, -0.15) is 13.7 Å². The Morgan fingerprint density at radius 3 is 0.923 bits per heavy atom. The number of hydrogen-bond acceptors (Lipinski definition) is 21. The van der Waals surface area contributed by atoms with Gasteiger partial charge in [-0.15, -0.1) is 0 Å². The standard InChI is InChI=1S/C17H25NO6S.C11H22N2O3.C11H18N2O3.C10H19NO4.C7H7ClO2S.CN.CH4.14F2.2FH.K/c1-13-5-7-15(8-6-13)25(20,21)23-12-14-11-18(9-10-22-14)16(19)24-17(2,3)4;2*1-11(2,3)16-10(14)13-6-7-15-9(8-13)4-5-12;1-10(2,3)15-9(13)11-4-5-14-8(6-11)7-12;1-6-2-4-7(5-3-6)11(8,9)10;1-2;;14*1-2;;;/h5-8,14H,9-12H2,1-4H3;9H,4-8,12H2,1-3H3;9H,4,6-8H2,1-3H3;8,12H,4-7H2,1-3H3;2-5H,1H3;;1H4;;;;;;;;;;;;;;;2*1H;/q;;;;;-1;;;;;;;;;;;;;;;;;;+1. The molecule has 0 aromatic heterocycles. The average Bonchev–Trinajstić information content (AvgIpc) is 0.842. The fraction of sp³-hybridized carbons (Fsp3) is 0.690. The molecule has 2 aromatic carbocycles. The van der Waals surface area contributed by atoms with Gasteiger partial charge >= 0.3 is 75.8 Å². The number of rotatable bonds is 9. The summed E-state index contributed by atoms with van der Waals surface area (Å²) >= 11 is 0. The van der Waals surface area contributed by atoms with E-state index in [0.717, 1.165) is 17.5 Å². The van der Waals surface area contributed by atoms with Crippen molar-refractivity contribution in [1.29, 1.82) is 10.5 Å². The van der Waals surface area contributed by atoms with E-state index in [1.807, 2.05) is 82.2 Å². The van der Waals surface area contributed by atoms with Crippen molar-refractivity contribution >= 4 is 54.2 Å². The summed E-state index contributed by atoms with van der Waals surface area (Å²) in [6.45, 7) is 36.2. The average molecular weight is 1890 g/mol. The SMILES string of the molecule is C.CC(C)(C)OC(=O)N1CCOC(CC#N)C1.CC(C)(C)OC(=O)N1CCOC(CCN)C1.CC(C)(C)OC(=O)N1CCOC(CO)C1.Cc1ccc(S(=O)(=O)Cl)cc1.Cc1ccc(S(=O)(=O)OCC2CN(C(=O)OC(C)(C)C)CCO2)cc1.F.F.FF.FF.FF.FF.FF.FF.FF.FF.FF.FF.FF.FF.FF.FF.[C-]#N.[K+]. The fourth-order valence-corrected chi connectivity index (χ4v) is 8.99. The van der Waals surface area contributed by atoms with Gasteiger partial charge in [0, 0.05) is 165 Å². The molecule has 4 amide bonds. The minimum Gasteiger partial charge on any atom is -0.512 e. The Hall–Kier alpha value is -6.05. The molecule has 6 rings (SSSR count). The first-order valence-electron chi connectivity index (χ1n) is 29.6. The molecule has 0 spiro atoms. The molecule has 4 fully saturated rings. The number of benzene rings is 2. The van der Waals surface area contributed by atoms with Crippen LogP contribution in [0.3, 0.4) is 0 Å². The van der Waals surface area contributed by atoms with Gasteiger partial charge in [0.25, 0.3) is 19.2 Å². The molecular formula is C58H97ClF30KN7O18S2. The van der Waals surface area contributed by atoms with Crippen LogP contribution in [0.4, 0.5) is 157 Å². The number of ether oxygens (including phenoxy) is 8. The van der Waals surface area contributed by atoms with Gasteiger partial charge in [0.2, 0.25) is 0 Å². The van der Waals surface area contributed by atoms with Crippen LogP contribution in [0.5, 0.6) is 0 Å². The van der Waals surface area contributed by atoms with Crippen LogP contribution in [0.15, 0.2) is 58.3 Å². The summed E-state index contributed by atoms with van der Waals surface area (Å²) in [4.78, 5) is 53.8. The normalized spacial score (nSPS) is 14.7. The molecule has 4 unspecified atom stereocenters. The van der Waals surface area contributed by atoms with Crippen LogP contribution in [0.2, 0.25) is 0 Å². The molecule has 3 N–H and O–H groups in total. The van der Waals surface area contributed by atoms with E-state index in [-0.39, 0.29) is 134 Å². The number of aliphatic hydroxyl groups excluding tert-OH is 1. The van der Waals surface area contributed by atoms with E-state index in [4.69, 9.17) is 209 Å². The van der Waals surface area contributed by atoms with Crippen molar-refractivity contribution in [2.75, 3.05) is 98.5 Å². The molecular weight excluding hydrogens is 1790 g/mol. The number of amides is 4. The van der Waals surface area contributed by atoms with E-state index in [0.29, 0.717) is 85.2 Å². The predicted molar refractivity (Wildman–Crippen MR) is 357 cm³/mol. The van der Waals surface area contributed by atoms with E-state index in [1.54, 1.807) is 59.7 Å². The number of aliphatic hydroxyl groups is 1. The monoisotopic (exact) mass is 1890 g/mol. The fourth-order valence-electron chi connectivity index (χ4n) is 7.28. The summed E-state index contributed by atoms with van der Waals surface area (Å²) < 4.78 is 318. The predicted octanol–water partition coefficient (Wildman–Crippen LogP) is 17.2. The van der Waals surface area contributed by atoms with Crippen molar-refractivity contribution in [3.05, 3.63) is 66.2 Å². The molecule has 4 aliphatic rings. The second-order valence-electron chi connectivity index (χ2n) is 23.6. The number of aryl methyl sites for hydroxylation is 2. The molecule has 702 valence electrons. The van der Waals surface area contributed by atoms with Crippen molar-refractivity contribution in [3.8, 4) is 6.07 Å². The Morgan fingerprint density at radius 1 is 0.462 bits per heavy atom. The number of nitrogens with two attached hydrogens (primary N) is 1. The summed E-state index contributed by atoms with van der Waals surface area (Å²) in [5.41, 5.74) is 5.44. The summed E-state index contributed by atoms with van der Waals surface area (Å²) in [6, 6.07) is 14.8. The quantitative estimate of drug-likeness (QED) is 0.0588. The molecule has 4 saturated heterocycles. The molecule has 117 heavy (non-hydrogen) atoms. The third-order valence-corrected chi connectivity index (χ3v) is 13.9. The molecule has 4 heterocycles. The number of morpholine rings is 4. The van der Waals surface area contributed by atoms with Crippen LogP contribution in [0, 0.1) is 37.0 Å². The first-order valence-corrected chi connectivity index (χ1v) is 33.3. The van der Waals surface area contributed by atoms with Gasteiger partial charge in [-0.05, 0) is 134 Å². The number of carbonyl (C=O) groups excluding carboxylic acids is 4. The molecule has 0 aliphatic carbocycles. The van der Waals surface area contributed by atoms with Crippen molar-refractivity contribution < 1.29 is 272 Å². The zero-order chi connectivity index (χ0) is 93.0. The molecule has 4 atom stereocenters. The summed E-state index contributed by atoms with van der Waals surface area (Å²) in [6.07, 6.45) is -1.26. The van der Waals surface area contributed by atoms with Crippen molar-refractivity contribution in [3.63, 3.8) is 0 Å².